The van der Waals surface area contributed by atoms with Crippen molar-refractivity contribution in [2.45, 2.75) is 38.6 Å². The zero-order valence-electron chi connectivity index (χ0n) is 12.5. The molecule has 3 rings (SSSR count). The molecule has 1 aromatic heterocycles. The normalized spacial score (nSPS) is 18.7. The summed E-state index contributed by atoms with van der Waals surface area (Å²) in [6.07, 6.45) is 1.88. The van der Waals surface area contributed by atoms with Crippen LogP contribution in [-0.2, 0) is 17.8 Å². The van der Waals surface area contributed by atoms with Crippen molar-refractivity contribution in [2.75, 3.05) is 6.54 Å². The summed E-state index contributed by atoms with van der Waals surface area (Å²) in [5.41, 5.74) is 0.786. The van der Waals surface area contributed by atoms with E-state index in [-0.39, 0.29) is 17.6 Å². The quantitative estimate of drug-likeness (QED) is 0.871. The molecule has 2 heterocycles. The molecule has 6 heteroatoms. The van der Waals surface area contributed by atoms with Crippen molar-refractivity contribution in [1.29, 1.82) is 0 Å². The number of hydrogen-bond donors (Lipinski definition) is 0. The first-order valence-electron chi connectivity index (χ1n) is 7.50. The van der Waals surface area contributed by atoms with Gasteiger partial charge in [0.15, 0.2) is 5.82 Å². The van der Waals surface area contributed by atoms with Crippen LogP contribution in [0.15, 0.2) is 28.8 Å². The highest BCUT2D eigenvalue weighted by Gasteiger charge is 2.30. The first kappa shape index (κ1) is 14.7. The molecular formula is C16H18FN3O2. The number of halogens is 1. The predicted octanol–water partition coefficient (Wildman–Crippen LogP) is 2.68. The van der Waals surface area contributed by atoms with Gasteiger partial charge in [-0.15, -0.1) is 0 Å². The number of nitrogens with zero attached hydrogens (tertiary/aromatic N) is 3. The number of aryl methyl sites for hydroxylation is 1. The van der Waals surface area contributed by atoms with Crippen molar-refractivity contribution in [1.82, 2.24) is 15.0 Å². The van der Waals surface area contributed by atoms with Crippen molar-refractivity contribution in [3.8, 4) is 0 Å². The molecule has 1 amide bonds. The monoisotopic (exact) mass is 303 g/mol. The Bertz CT molecular complexity index is 671. The zero-order valence-corrected chi connectivity index (χ0v) is 12.5. The smallest absolute Gasteiger partial charge is 0.231 e. The van der Waals surface area contributed by atoms with E-state index in [1.54, 1.807) is 11.0 Å². The first-order valence-corrected chi connectivity index (χ1v) is 7.50. The number of likely N-dealkylation sites (tertiary alicyclic amines) is 1. The maximum absolute atomic E-state index is 13.3. The van der Waals surface area contributed by atoms with Crippen molar-refractivity contribution in [2.24, 2.45) is 0 Å². The number of carbonyl (C=O) groups is 1. The Morgan fingerprint density at radius 3 is 3.05 bits per heavy atom. The molecule has 1 unspecified atom stereocenters. The Hall–Kier alpha value is -2.24. The average molecular weight is 303 g/mol. The zero-order chi connectivity index (χ0) is 15.5. The van der Waals surface area contributed by atoms with Gasteiger partial charge in [-0.1, -0.05) is 24.2 Å². The Labute approximate surface area is 128 Å². The Morgan fingerprint density at radius 1 is 1.45 bits per heavy atom. The van der Waals surface area contributed by atoms with Crippen LogP contribution in [0.1, 0.15) is 43.0 Å². The van der Waals surface area contributed by atoms with Crippen LogP contribution in [0, 0.1) is 5.82 Å². The summed E-state index contributed by atoms with van der Waals surface area (Å²) in [7, 11) is 0. The summed E-state index contributed by atoms with van der Waals surface area (Å²) in [4.78, 5) is 18.2. The van der Waals surface area contributed by atoms with E-state index in [4.69, 9.17) is 4.52 Å². The molecule has 1 aromatic carbocycles. The second-order valence-corrected chi connectivity index (χ2v) is 5.54. The van der Waals surface area contributed by atoms with Gasteiger partial charge in [-0.25, -0.2) is 4.39 Å². The van der Waals surface area contributed by atoms with Crippen LogP contribution in [0.3, 0.4) is 0 Å². The molecule has 1 aliphatic heterocycles. The van der Waals surface area contributed by atoms with Crippen molar-refractivity contribution >= 4 is 5.91 Å². The molecule has 116 valence electrons. The minimum atomic E-state index is -0.289. The van der Waals surface area contributed by atoms with Gasteiger partial charge in [-0.3, -0.25) is 4.79 Å². The van der Waals surface area contributed by atoms with Crippen LogP contribution >= 0.6 is 0 Å². The molecule has 2 aromatic rings. The fraction of sp³-hybridized carbons (Fsp3) is 0.438. The molecule has 0 spiro atoms. The largest absolute Gasteiger partial charge is 0.339 e. The van der Waals surface area contributed by atoms with Crippen LogP contribution in [-0.4, -0.2) is 27.5 Å². The standard InChI is InChI=1S/C16H18FN3O2/c1-2-14-18-16(22-19-14)12-6-7-15(21)20(10-12)9-11-4-3-5-13(17)8-11/h3-5,8,12H,2,6-7,9-10H2,1H3. The fourth-order valence-electron chi connectivity index (χ4n) is 2.70. The number of hydrogen-bond acceptors (Lipinski definition) is 4. The van der Waals surface area contributed by atoms with Gasteiger partial charge in [-0.2, -0.15) is 4.98 Å². The van der Waals surface area contributed by atoms with Gasteiger partial charge < -0.3 is 9.42 Å². The third-order valence-corrected chi connectivity index (χ3v) is 3.91. The van der Waals surface area contributed by atoms with E-state index in [2.05, 4.69) is 10.1 Å². The molecule has 1 aliphatic rings. The molecule has 22 heavy (non-hydrogen) atoms. The predicted molar refractivity (Wildman–Crippen MR) is 77.5 cm³/mol. The molecule has 1 saturated heterocycles. The van der Waals surface area contributed by atoms with Gasteiger partial charge >= 0.3 is 0 Å². The van der Waals surface area contributed by atoms with Crippen molar-refractivity contribution in [3.63, 3.8) is 0 Å². The molecule has 5 nitrogen and oxygen atoms in total. The van der Waals surface area contributed by atoms with E-state index in [1.807, 2.05) is 13.0 Å². The van der Waals surface area contributed by atoms with Crippen molar-refractivity contribution < 1.29 is 13.7 Å². The lowest BCUT2D eigenvalue weighted by atomic mass is 9.97. The molecule has 0 saturated carbocycles. The summed E-state index contributed by atoms with van der Waals surface area (Å²) in [5.74, 6) is 1.12. The third-order valence-electron chi connectivity index (χ3n) is 3.91. The molecule has 0 bridgehead atoms. The Morgan fingerprint density at radius 2 is 2.32 bits per heavy atom. The molecule has 0 aliphatic carbocycles. The number of rotatable bonds is 4. The van der Waals surface area contributed by atoms with E-state index >= 15 is 0 Å². The first-order chi connectivity index (χ1) is 10.7. The summed E-state index contributed by atoms with van der Waals surface area (Å²) in [5, 5.41) is 3.91. The number of piperidine rings is 1. The Balaban J connectivity index is 1.72. The van der Waals surface area contributed by atoms with Gasteiger partial charge in [0.05, 0.1) is 5.92 Å². The highest BCUT2D eigenvalue weighted by molar-refractivity contribution is 5.77. The van der Waals surface area contributed by atoms with Crippen LogP contribution in [0.2, 0.25) is 0 Å². The second kappa shape index (κ2) is 6.25. The molecular weight excluding hydrogens is 285 g/mol. The SMILES string of the molecule is CCc1noc(C2CCC(=O)N(Cc3cccc(F)c3)C2)n1. The maximum Gasteiger partial charge on any atom is 0.231 e. The van der Waals surface area contributed by atoms with Crippen LogP contribution in [0.4, 0.5) is 4.39 Å². The van der Waals surface area contributed by atoms with E-state index < -0.39 is 0 Å². The molecule has 0 radical (unpaired) electrons. The number of aromatic nitrogens is 2. The van der Waals surface area contributed by atoms with Gasteiger partial charge in [0.25, 0.3) is 0 Å². The average Bonchev–Trinajstić information content (AvgIpc) is 2.98. The van der Waals surface area contributed by atoms with Gasteiger partial charge in [-0.05, 0) is 24.1 Å². The summed E-state index contributed by atoms with van der Waals surface area (Å²) in [6.45, 7) is 2.90. The summed E-state index contributed by atoms with van der Waals surface area (Å²) < 4.78 is 18.6. The highest BCUT2D eigenvalue weighted by atomic mass is 19.1. The summed E-state index contributed by atoms with van der Waals surface area (Å²) in [6, 6.07) is 6.33. The minimum Gasteiger partial charge on any atom is -0.339 e. The van der Waals surface area contributed by atoms with Crippen LogP contribution in [0.25, 0.3) is 0 Å². The summed E-state index contributed by atoms with van der Waals surface area (Å²) >= 11 is 0. The molecule has 1 atom stereocenters. The lowest BCUT2D eigenvalue weighted by molar-refractivity contribution is -0.134. The van der Waals surface area contributed by atoms with Crippen molar-refractivity contribution in [3.05, 3.63) is 47.4 Å². The van der Waals surface area contributed by atoms with Crippen LogP contribution < -0.4 is 0 Å². The number of carbonyl (C=O) groups excluding carboxylic acids is 1. The lowest BCUT2D eigenvalue weighted by Crippen LogP contribution is -2.38. The third kappa shape index (κ3) is 3.16. The number of amides is 1. The van der Waals surface area contributed by atoms with Gasteiger partial charge in [0.2, 0.25) is 11.8 Å². The minimum absolute atomic E-state index is 0.0547. The van der Waals surface area contributed by atoms with E-state index in [0.29, 0.717) is 37.6 Å². The second-order valence-electron chi connectivity index (χ2n) is 5.54. The lowest BCUT2D eigenvalue weighted by Gasteiger charge is -2.31. The van der Waals surface area contributed by atoms with Gasteiger partial charge in [0.1, 0.15) is 5.82 Å². The highest BCUT2D eigenvalue weighted by Crippen LogP contribution is 2.27. The maximum atomic E-state index is 13.3. The van der Waals surface area contributed by atoms with Crippen LogP contribution in [0.5, 0.6) is 0 Å². The van der Waals surface area contributed by atoms with E-state index in [0.717, 1.165) is 12.0 Å². The topological polar surface area (TPSA) is 59.2 Å². The van der Waals surface area contributed by atoms with Gasteiger partial charge in [0, 0.05) is 25.9 Å². The molecule has 1 fully saturated rings. The Kier molecular flexibility index (Phi) is 4.18. The van der Waals surface area contributed by atoms with E-state index in [9.17, 15) is 9.18 Å². The molecule has 0 N–H and O–H groups in total. The fourth-order valence-corrected chi connectivity index (χ4v) is 2.70. The number of benzene rings is 1. The van der Waals surface area contributed by atoms with E-state index in [1.165, 1.54) is 12.1 Å².